The molecular formula is C18H15FN6O. The van der Waals surface area contributed by atoms with Crippen molar-refractivity contribution in [3.63, 3.8) is 0 Å². The number of hydrogen-bond acceptors (Lipinski definition) is 7. The minimum absolute atomic E-state index is 0.264. The highest BCUT2D eigenvalue weighted by Gasteiger charge is 2.14. The minimum atomic E-state index is -0.592. The van der Waals surface area contributed by atoms with Crippen LogP contribution in [0.3, 0.4) is 0 Å². The van der Waals surface area contributed by atoms with E-state index >= 15 is 0 Å². The molecule has 0 saturated carbocycles. The molecule has 2 aromatic heterocycles. The van der Waals surface area contributed by atoms with E-state index in [4.69, 9.17) is 4.63 Å². The summed E-state index contributed by atoms with van der Waals surface area (Å²) in [6.07, 6.45) is 0. The molecule has 0 radical (unpaired) electrons. The Balaban J connectivity index is 1.75. The third-order valence-electron chi connectivity index (χ3n) is 3.84. The van der Waals surface area contributed by atoms with E-state index in [-0.39, 0.29) is 11.3 Å². The van der Waals surface area contributed by atoms with Crippen molar-refractivity contribution in [2.75, 3.05) is 10.6 Å². The van der Waals surface area contributed by atoms with Crippen LogP contribution in [0.25, 0.3) is 11.3 Å². The van der Waals surface area contributed by atoms with Gasteiger partial charge in [-0.25, -0.2) is 19.0 Å². The zero-order valence-electron chi connectivity index (χ0n) is 13.9. The van der Waals surface area contributed by atoms with Gasteiger partial charge in [0.05, 0.1) is 0 Å². The van der Waals surface area contributed by atoms with Crippen LogP contribution < -0.4 is 10.6 Å². The number of nitrogens with one attached hydrogen (secondary N) is 2. The maximum Gasteiger partial charge on any atom is 0.245 e. The van der Waals surface area contributed by atoms with Crippen LogP contribution in [0.1, 0.15) is 11.1 Å². The van der Waals surface area contributed by atoms with Crippen LogP contribution >= 0.6 is 0 Å². The highest BCUT2D eigenvalue weighted by Crippen LogP contribution is 2.28. The second-order valence-electron chi connectivity index (χ2n) is 5.74. The molecule has 7 nitrogen and oxygen atoms in total. The molecule has 2 aromatic carbocycles. The molecular weight excluding hydrogens is 335 g/mol. The molecule has 0 spiro atoms. The first-order valence-electron chi connectivity index (χ1n) is 7.98. The van der Waals surface area contributed by atoms with E-state index in [1.807, 2.05) is 37.3 Å². The fourth-order valence-electron chi connectivity index (χ4n) is 2.47. The fraction of sp³-hybridized carbons (Fsp3) is 0.111. The number of fused-ring (bicyclic) bond motifs is 1. The first-order chi connectivity index (χ1) is 12.7. The summed E-state index contributed by atoms with van der Waals surface area (Å²) < 4.78 is 17.9. The number of alkyl halides is 1. The van der Waals surface area contributed by atoms with Gasteiger partial charge in [-0.2, -0.15) is 0 Å². The number of hydrogen-bond donors (Lipinski definition) is 2. The van der Waals surface area contributed by atoms with Crippen molar-refractivity contribution in [2.45, 2.75) is 13.6 Å². The fourth-order valence-corrected chi connectivity index (χ4v) is 2.47. The molecule has 2 N–H and O–H groups in total. The lowest BCUT2D eigenvalue weighted by Gasteiger charge is -2.13. The summed E-state index contributed by atoms with van der Waals surface area (Å²) in [4.78, 5) is 8.80. The predicted octanol–water partition coefficient (Wildman–Crippen LogP) is 4.28. The average Bonchev–Trinajstić information content (AvgIpc) is 3.11. The zero-order valence-corrected chi connectivity index (χ0v) is 13.9. The number of anilines is 4. The van der Waals surface area contributed by atoms with Crippen LogP contribution in [0.5, 0.6) is 0 Å². The number of benzene rings is 2. The molecule has 0 saturated heterocycles. The molecule has 4 rings (SSSR count). The van der Waals surface area contributed by atoms with Gasteiger partial charge in [-0.05, 0) is 35.4 Å². The molecule has 130 valence electrons. The van der Waals surface area contributed by atoms with E-state index in [1.165, 1.54) is 0 Å². The maximum atomic E-state index is 13.2. The first kappa shape index (κ1) is 15.9. The molecule has 2 heterocycles. The van der Waals surface area contributed by atoms with Crippen LogP contribution in [-0.2, 0) is 6.67 Å². The number of aryl methyl sites for hydroxylation is 1. The van der Waals surface area contributed by atoms with Crippen molar-refractivity contribution in [3.05, 3.63) is 59.7 Å². The van der Waals surface area contributed by atoms with Gasteiger partial charge in [0.15, 0.2) is 11.6 Å². The number of para-hydroxylation sites is 1. The molecule has 0 amide bonds. The van der Waals surface area contributed by atoms with Crippen LogP contribution in [0.15, 0.2) is 53.2 Å². The lowest BCUT2D eigenvalue weighted by atomic mass is 10.2. The SMILES string of the molecule is Cc1ccc(Nc2nc3nonc3nc2Nc2ccccc2CF)cc1. The molecule has 4 aromatic rings. The number of halogens is 1. The Bertz CT molecular complexity index is 1050. The summed E-state index contributed by atoms with van der Waals surface area (Å²) in [5.41, 5.74) is 3.65. The Morgan fingerprint density at radius 3 is 2.23 bits per heavy atom. The van der Waals surface area contributed by atoms with Crippen molar-refractivity contribution in [3.8, 4) is 0 Å². The van der Waals surface area contributed by atoms with Gasteiger partial charge in [-0.3, -0.25) is 0 Å². The average molecular weight is 350 g/mol. The maximum absolute atomic E-state index is 13.2. The smallest absolute Gasteiger partial charge is 0.245 e. The number of rotatable bonds is 5. The van der Waals surface area contributed by atoms with Crippen LogP contribution in [0.4, 0.5) is 27.4 Å². The highest BCUT2D eigenvalue weighted by molar-refractivity contribution is 5.79. The standard InChI is InChI=1S/C18H15FN6O/c1-11-6-8-13(9-7-11)20-15-16(23-18-17(22-15)24-26-25-18)21-14-5-3-2-4-12(14)10-19/h2-9H,10H2,1H3,(H,20,22,24)(H,21,23,25). The predicted molar refractivity (Wildman–Crippen MR) is 96.4 cm³/mol. The van der Waals surface area contributed by atoms with Crippen LogP contribution in [0.2, 0.25) is 0 Å². The lowest BCUT2D eigenvalue weighted by Crippen LogP contribution is -2.04. The Morgan fingerprint density at radius 2 is 1.54 bits per heavy atom. The molecule has 0 unspecified atom stereocenters. The van der Waals surface area contributed by atoms with Gasteiger partial charge in [0.25, 0.3) is 0 Å². The van der Waals surface area contributed by atoms with E-state index in [9.17, 15) is 4.39 Å². The van der Waals surface area contributed by atoms with Crippen molar-refractivity contribution < 1.29 is 9.02 Å². The van der Waals surface area contributed by atoms with Gasteiger partial charge in [0, 0.05) is 16.9 Å². The molecule has 0 atom stereocenters. The van der Waals surface area contributed by atoms with Gasteiger partial charge < -0.3 is 10.6 Å². The van der Waals surface area contributed by atoms with E-state index in [0.717, 1.165) is 11.3 Å². The normalized spacial score (nSPS) is 10.8. The summed E-state index contributed by atoms with van der Waals surface area (Å²) in [7, 11) is 0. The third kappa shape index (κ3) is 3.16. The highest BCUT2D eigenvalue weighted by atomic mass is 19.1. The molecule has 0 aliphatic carbocycles. The molecule has 0 bridgehead atoms. The monoisotopic (exact) mass is 350 g/mol. The first-order valence-corrected chi connectivity index (χ1v) is 7.98. The van der Waals surface area contributed by atoms with Gasteiger partial charge in [-0.15, -0.1) is 0 Å². The zero-order chi connectivity index (χ0) is 17.9. The van der Waals surface area contributed by atoms with E-state index < -0.39 is 6.67 Å². The Labute approximate surface area is 148 Å². The Hall–Kier alpha value is -3.55. The Morgan fingerprint density at radius 1 is 0.885 bits per heavy atom. The summed E-state index contributed by atoms with van der Waals surface area (Å²) in [6.45, 7) is 1.42. The van der Waals surface area contributed by atoms with Crippen molar-refractivity contribution in [1.82, 2.24) is 20.3 Å². The largest absolute Gasteiger partial charge is 0.337 e. The molecule has 8 heteroatoms. The van der Waals surface area contributed by atoms with Gasteiger partial charge >= 0.3 is 0 Å². The van der Waals surface area contributed by atoms with E-state index in [1.54, 1.807) is 18.2 Å². The lowest BCUT2D eigenvalue weighted by molar-refractivity contribution is 0.314. The van der Waals surface area contributed by atoms with Gasteiger partial charge in [-0.1, -0.05) is 35.9 Å². The van der Waals surface area contributed by atoms with E-state index in [2.05, 4.69) is 30.9 Å². The minimum Gasteiger partial charge on any atom is -0.337 e. The van der Waals surface area contributed by atoms with Gasteiger partial charge in [0.1, 0.15) is 6.67 Å². The van der Waals surface area contributed by atoms with Crippen molar-refractivity contribution in [1.29, 1.82) is 0 Å². The Kier molecular flexibility index (Phi) is 4.14. The molecule has 0 aliphatic heterocycles. The number of nitrogens with zero attached hydrogens (tertiary/aromatic N) is 4. The summed E-state index contributed by atoms with van der Waals surface area (Å²) in [6, 6.07) is 14.9. The summed E-state index contributed by atoms with van der Waals surface area (Å²) >= 11 is 0. The van der Waals surface area contributed by atoms with Gasteiger partial charge in [0.2, 0.25) is 11.3 Å². The van der Waals surface area contributed by atoms with Crippen molar-refractivity contribution in [2.24, 2.45) is 0 Å². The summed E-state index contributed by atoms with van der Waals surface area (Å²) in [5.74, 6) is 0.834. The quantitative estimate of drug-likeness (QED) is 0.555. The third-order valence-corrected chi connectivity index (χ3v) is 3.84. The molecule has 0 aliphatic rings. The second-order valence-corrected chi connectivity index (χ2v) is 5.74. The van der Waals surface area contributed by atoms with E-state index in [0.29, 0.717) is 22.9 Å². The van der Waals surface area contributed by atoms with Crippen LogP contribution in [-0.4, -0.2) is 20.3 Å². The summed E-state index contributed by atoms with van der Waals surface area (Å²) in [5, 5.41) is 13.8. The number of aromatic nitrogens is 4. The second kappa shape index (κ2) is 6.75. The molecule has 26 heavy (non-hydrogen) atoms. The topological polar surface area (TPSA) is 88.8 Å². The molecule has 0 fully saturated rings. The van der Waals surface area contributed by atoms with Crippen molar-refractivity contribution >= 4 is 34.3 Å². The van der Waals surface area contributed by atoms with Crippen LogP contribution in [0, 0.1) is 6.92 Å².